The number of aliphatic hydroxyl groups is 1. The van der Waals surface area contributed by atoms with Gasteiger partial charge in [-0.05, 0) is 44.9 Å². The summed E-state index contributed by atoms with van der Waals surface area (Å²) in [6.45, 7) is 0. The number of aliphatic hydroxyl groups excluding tert-OH is 1. The van der Waals surface area contributed by atoms with Gasteiger partial charge in [0, 0.05) is 12.1 Å². The van der Waals surface area contributed by atoms with Crippen LogP contribution in [-0.4, -0.2) is 37.6 Å². The summed E-state index contributed by atoms with van der Waals surface area (Å²) in [5, 5.41) is 23.8. The maximum atomic E-state index is 11.7. The Bertz CT molecular complexity index is 654. The second kappa shape index (κ2) is 6.59. The van der Waals surface area contributed by atoms with Gasteiger partial charge in [0.2, 0.25) is 10.0 Å². The van der Waals surface area contributed by atoms with E-state index in [0.29, 0.717) is 18.5 Å². The van der Waals surface area contributed by atoms with Crippen molar-refractivity contribution in [1.29, 1.82) is 0 Å². The lowest BCUT2D eigenvalue weighted by atomic mass is 9.93. The lowest BCUT2D eigenvalue weighted by Crippen LogP contribution is -2.28. The van der Waals surface area contributed by atoms with E-state index in [-0.39, 0.29) is 22.7 Å². The molecule has 0 saturated heterocycles. The van der Waals surface area contributed by atoms with Crippen LogP contribution in [0, 0.1) is 10.1 Å². The van der Waals surface area contributed by atoms with Gasteiger partial charge in [-0.25, -0.2) is 13.1 Å². The molecule has 1 saturated carbocycles. The van der Waals surface area contributed by atoms with Crippen LogP contribution in [-0.2, 0) is 10.0 Å². The van der Waals surface area contributed by atoms with Gasteiger partial charge in [-0.3, -0.25) is 10.1 Å². The smallest absolute Gasteiger partial charge is 0.293 e. The molecule has 0 unspecified atom stereocenters. The van der Waals surface area contributed by atoms with Gasteiger partial charge >= 0.3 is 0 Å². The minimum absolute atomic E-state index is 0.0360. The average molecular weight is 329 g/mol. The molecule has 0 amide bonds. The van der Waals surface area contributed by atoms with Gasteiger partial charge in [-0.1, -0.05) is 0 Å². The summed E-state index contributed by atoms with van der Waals surface area (Å²) in [7, 11) is -2.48. The zero-order valence-electron chi connectivity index (χ0n) is 12.2. The number of nitro groups is 1. The predicted molar refractivity (Wildman–Crippen MR) is 81.2 cm³/mol. The Kier molecular flexibility index (Phi) is 4.99. The molecule has 8 nitrogen and oxygen atoms in total. The van der Waals surface area contributed by atoms with Crippen molar-refractivity contribution in [1.82, 2.24) is 4.72 Å². The highest BCUT2D eigenvalue weighted by Crippen LogP contribution is 2.30. The van der Waals surface area contributed by atoms with Crippen molar-refractivity contribution >= 4 is 21.4 Å². The SMILES string of the molecule is CNS(=O)(=O)c1ccc(NC2CCC(O)CC2)c([N+](=O)[O-])c1. The van der Waals surface area contributed by atoms with E-state index < -0.39 is 14.9 Å². The molecule has 22 heavy (non-hydrogen) atoms. The maximum absolute atomic E-state index is 11.7. The number of nitro benzene ring substituents is 1. The summed E-state index contributed by atoms with van der Waals surface area (Å²) >= 11 is 0. The van der Waals surface area contributed by atoms with Gasteiger partial charge in [0.1, 0.15) is 5.69 Å². The van der Waals surface area contributed by atoms with Crippen LogP contribution in [0.25, 0.3) is 0 Å². The van der Waals surface area contributed by atoms with Crippen molar-refractivity contribution in [3.05, 3.63) is 28.3 Å². The van der Waals surface area contributed by atoms with E-state index in [2.05, 4.69) is 10.0 Å². The molecular formula is C13H19N3O5S. The Labute approximate surface area is 128 Å². The predicted octanol–water partition coefficient (Wildman–Crippen LogP) is 1.22. The fourth-order valence-electron chi connectivity index (χ4n) is 2.51. The Balaban J connectivity index is 2.26. The monoisotopic (exact) mass is 329 g/mol. The van der Waals surface area contributed by atoms with Gasteiger partial charge in [0.15, 0.2) is 0 Å². The first kappa shape index (κ1) is 16.7. The van der Waals surface area contributed by atoms with Crippen LogP contribution in [0.2, 0.25) is 0 Å². The van der Waals surface area contributed by atoms with Gasteiger partial charge in [-0.2, -0.15) is 0 Å². The normalized spacial score (nSPS) is 22.3. The van der Waals surface area contributed by atoms with Crippen molar-refractivity contribution in [2.24, 2.45) is 0 Å². The van der Waals surface area contributed by atoms with Gasteiger partial charge in [-0.15, -0.1) is 0 Å². The van der Waals surface area contributed by atoms with Gasteiger partial charge in [0.25, 0.3) is 5.69 Å². The van der Waals surface area contributed by atoms with Crippen molar-refractivity contribution < 1.29 is 18.4 Å². The van der Waals surface area contributed by atoms with Crippen LogP contribution < -0.4 is 10.0 Å². The molecule has 1 aromatic carbocycles. The summed E-state index contributed by atoms with van der Waals surface area (Å²) in [4.78, 5) is 10.4. The summed E-state index contributed by atoms with van der Waals surface area (Å²) in [5.74, 6) is 0. The third-order valence-electron chi connectivity index (χ3n) is 3.80. The molecule has 1 aromatic rings. The van der Waals surface area contributed by atoms with Crippen LogP contribution in [0.15, 0.2) is 23.1 Å². The number of hydrogen-bond acceptors (Lipinski definition) is 6. The van der Waals surface area contributed by atoms with Crippen LogP contribution in [0.3, 0.4) is 0 Å². The topological polar surface area (TPSA) is 122 Å². The molecule has 0 radical (unpaired) electrons. The molecule has 2 rings (SSSR count). The molecule has 0 spiro atoms. The Morgan fingerprint density at radius 2 is 1.91 bits per heavy atom. The maximum Gasteiger partial charge on any atom is 0.293 e. The minimum atomic E-state index is -3.73. The highest BCUT2D eigenvalue weighted by atomic mass is 32.2. The average Bonchev–Trinajstić information content (AvgIpc) is 2.49. The number of hydrogen-bond donors (Lipinski definition) is 3. The number of nitrogens with one attached hydrogen (secondary N) is 2. The molecule has 3 N–H and O–H groups in total. The third-order valence-corrected chi connectivity index (χ3v) is 5.21. The van der Waals surface area contributed by atoms with Crippen molar-refractivity contribution in [3.63, 3.8) is 0 Å². The van der Waals surface area contributed by atoms with Crippen LogP contribution >= 0.6 is 0 Å². The molecule has 0 aromatic heterocycles. The van der Waals surface area contributed by atoms with E-state index in [1.54, 1.807) is 0 Å². The van der Waals surface area contributed by atoms with E-state index >= 15 is 0 Å². The fraction of sp³-hybridized carbons (Fsp3) is 0.538. The zero-order valence-corrected chi connectivity index (χ0v) is 13.0. The molecule has 1 aliphatic carbocycles. The number of benzene rings is 1. The summed E-state index contributed by atoms with van der Waals surface area (Å²) in [5.41, 5.74) is 0.0175. The van der Waals surface area contributed by atoms with Crippen LogP contribution in [0.4, 0.5) is 11.4 Å². The van der Waals surface area contributed by atoms with Crippen LogP contribution in [0.1, 0.15) is 25.7 Å². The molecule has 9 heteroatoms. The molecule has 1 fully saturated rings. The number of sulfonamides is 1. The molecule has 0 heterocycles. The number of rotatable bonds is 5. The molecule has 122 valence electrons. The van der Waals surface area contributed by atoms with E-state index in [1.807, 2.05) is 0 Å². The first-order valence-electron chi connectivity index (χ1n) is 7.00. The molecule has 1 aliphatic rings. The lowest BCUT2D eigenvalue weighted by Gasteiger charge is -2.26. The third kappa shape index (κ3) is 3.73. The first-order chi connectivity index (χ1) is 10.3. The standard InChI is InChI=1S/C13H19N3O5S/c1-14-22(20,21)11-6-7-12(13(8-11)16(18)19)15-9-2-4-10(17)5-3-9/h6-10,14-15,17H,2-5H2,1H3. The lowest BCUT2D eigenvalue weighted by molar-refractivity contribution is -0.384. The van der Waals surface area contributed by atoms with E-state index in [4.69, 9.17) is 0 Å². The first-order valence-corrected chi connectivity index (χ1v) is 8.48. The number of anilines is 1. The van der Waals surface area contributed by atoms with E-state index in [0.717, 1.165) is 18.9 Å². The quantitative estimate of drug-likeness (QED) is 0.551. The Hall–Kier alpha value is -1.71. The fourth-order valence-corrected chi connectivity index (χ4v) is 3.26. The highest BCUT2D eigenvalue weighted by molar-refractivity contribution is 7.89. The summed E-state index contributed by atoms with van der Waals surface area (Å²) < 4.78 is 25.6. The van der Waals surface area contributed by atoms with E-state index in [1.165, 1.54) is 19.2 Å². The zero-order chi connectivity index (χ0) is 16.3. The van der Waals surface area contributed by atoms with Crippen molar-refractivity contribution in [2.75, 3.05) is 12.4 Å². The Morgan fingerprint density at radius 3 is 2.45 bits per heavy atom. The summed E-state index contributed by atoms with van der Waals surface area (Å²) in [6.07, 6.45) is 2.43. The highest BCUT2D eigenvalue weighted by Gasteiger charge is 2.24. The molecule has 0 atom stereocenters. The molecule has 0 bridgehead atoms. The van der Waals surface area contributed by atoms with Crippen LogP contribution in [0.5, 0.6) is 0 Å². The van der Waals surface area contributed by atoms with Crippen molar-refractivity contribution in [3.8, 4) is 0 Å². The molecule has 0 aliphatic heterocycles. The van der Waals surface area contributed by atoms with Gasteiger partial charge in [0.05, 0.1) is 15.9 Å². The summed E-state index contributed by atoms with van der Waals surface area (Å²) in [6, 6.07) is 3.83. The second-order valence-electron chi connectivity index (χ2n) is 5.29. The number of nitrogens with zero attached hydrogens (tertiary/aromatic N) is 1. The van der Waals surface area contributed by atoms with Crippen molar-refractivity contribution in [2.45, 2.75) is 42.7 Å². The largest absolute Gasteiger partial charge is 0.393 e. The molecular weight excluding hydrogens is 310 g/mol. The van der Waals surface area contributed by atoms with Gasteiger partial charge < -0.3 is 10.4 Å². The van der Waals surface area contributed by atoms with E-state index in [9.17, 15) is 23.6 Å². The minimum Gasteiger partial charge on any atom is -0.393 e. The Morgan fingerprint density at radius 1 is 1.27 bits per heavy atom. The second-order valence-corrected chi connectivity index (χ2v) is 7.18.